The minimum atomic E-state index is -0.102. The topological polar surface area (TPSA) is 55.1 Å². The Balaban J connectivity index is 1.89. The van der Waals surface area contributed by atoms with E-state index in [-0.39, 0.29) is 11.2 Å². The smallest absolute Gasteiger partial charge is 0.233 e. The Bertz CT molecular complexity index is 416. The van der Waals surface area contributed by atoms with Crippen LogP contribution in [0.2, 0.25) is 0 Å². The number of hydrogen-bond acceptors (Lipinski definition) is 3. The van der Waals surface area contributed by atoms with E-state index in [1.807, 2.05) is 31.2 Å². The van der Waals surface area contributed by atoms with Gasteiger partial charge in [0.1, 0.15) is 0 Å². The predicted molar refractivity (Wildman–Crippen MR) is 76.6 cm³/mol. The molecule has 0 saturated heterocycles. The van der Waals surface area contributed by atoms with Crippen LogP contribution in [0.5, 0.6) is 0 Å². The first-order valence-corrected chi connectivity index (χ1v) is 7.36. The van der Waals surface area contributed by atoms with Crippen LogP contribution in [0.3, 0.4) is 0 Å². The lowest BCUT2D eigenvalue weighted by molar-refractivity contribution is -0.120. The van der Waals surface area contributed by atoms with Crippen molar-refractivity contribution in [2.45, 2.75) is 48.8 Å². The van der Waals surface area contributed by atoms with E-state index in [0.717, 1.165) is 23.4 Å². The van der Waals surface area contributed by atoms with Gasteiger partial charge in [-0.05, 0) is 31.9 Å². The molecule has 0 aromatic heterocycles. The molecule has 1 aromatic carbocycles. The number of nitrogen functional groups attached to an aromatic ring is 1. The lowest BCUT2D eigenvalue weighted by Crippen LogP contribution is -2.37. The Hall–Kier alpha value is -1.16. The number of carbonyl (C=O) groups is 1. The van der Waals surface area contributed by atoms with Gasteiger partial charge in [-0.1, -0.05) is 25.0 Å². The lowest BCUT2D eigenvalue weighted by atomic mass is 10.2. The first-order valence-electron chi connectivity index (χ1n) is 6.48. The summed E-state index contributed by atoms with van der Waals surface area (Å²) in [7, 11) is 0. The first kappa shape index (κ1) is 13.3. The molecule has 0 heterocycles. The number of nitrogens with one attached hydrogen (secondary N) is 1. The second kappa shape index (κ2) is 6.14. The minimum absolute atomic E-state index is 0.102. The van der Waals surface area contributed by atoms with Crippen molar-refractivity contribution in [2.75, 3.05) is 5.73 Å². The summed E-state index contributed by atoms with van der Waals surface area (Å²) in [5.41, 5.74) is 6.62. The monoisotopic (exact) mass is 264 g/mol. The zero-order valence-electron chi connectivity index (χ0n) is 10.7. The quantitative estimate of drug-likeness (QED) is 0.649. The molecule has 18 heavy (non-hydrogen) atoms. The molecule has 1 aromatic rings. The number of nitrogens with two attached hydrogens (primary N) is 1. The lowest BCUT2D eigenvalue weighted by Gasteiger charge is -2.16. The third kappa shape index (κ3) is 3.42. The highest BCUT2D eigenvalue weighted by Crippen LogP contribution is 2.28. The van der Waals surface area contributed by atoms with Gasteiger partial charge in [0.2, 0.25) is 5.91 Å². The maximum absolute atomic E-state index is 12.0. The number of benzene rings is 1. The van der Waals surface area contributed by atoms with Crippen LogP contribution in [0.25, 0.3) is 0 Å². The number of amides is 1. The fourth-order valence-corrected chi connectivity index (χ4v) is 3.14. The predicted octanol–water partition coefficient (Wildman–Crippen LogP) is 2.81. The Morgan fingerprint density at radius 3 is 2.72 bits per heavy atom. The Morgan fingerprint density at radius 1 is 1.39 bits per heavy atom. The van der Waals surface area contributed by atoms with Gasteiger partial charge in [0, 0.05) is 16.6 Å². The van der Waals surface area contributed by atoms with E-state index >= 15 is 0 Å². The van der Waals surface area contributed by atoms with Crippen molar-refractivity contribution in [1.82, 2.24) is 5.32 Å². The van der Waals surface area contributed by atoms with Gasteiger partial charge in [-0.3, -0.25) is 4.79 Å². The Kier molecular flexibility index (Phi) is 4.53. The zero-order valence-corrected chi connectivity index (χ0v) is 11.5. The first-order chi connectivity index (χ1) is 8.66. The maximum Gasteiger partial charge on any atom is 0.233 e. The third-order valence-electron chi connectivity index (χ3n) is 3.29. The van der Waals surface area contributed by atoms with Gasteiger partial charge in [-0.15, -0.1) is 11.8 Å². The van der Waals surface area contributed by atoms with Gasteiger partial charge < -0.3 is 11.1 Å². The summed E-state index contributed by atoms with van der Waals surface area (Å²) in [5.74, 6) is 0.121. The second-order valence-electron chi connectivity index (χ2n) is 4.79. The molecule has 1 fully saturated rings. The molecule has 1 aliphatic rings. The van der Waals surface area contributed by atoms with Crippen molar-refractivity contribution in [2.24, 2.45) is 0 Å². The molecule has 3 N–H and O–H groups in total. The summed E-state index contributed by atoms with van der Waals surface area (Å²) in [4.78, 5) is 13.0. The molecular formula is C14H20N2OS. The molecule has 0 radical (unpaired) electrons. The number of rotatable bonds is 4. The highest BCUT2D eigenvalue weighted by molar-refractivity contribution is 8.00. The van der Waals surface area contributed by atoms with E-state index in [9.17, 15) is 4.79 Å². The third-order valence-corrected chi connectivity index (χ3v) is 4.49. The van der Waals surface area contributed by atoms with E-state index in [1.165, 1.54) is 24.6 Å². The molecule has 1 saturated carbocycles. The molecule has 98 valence electrons. The number of carbonyl (C=O) groups excluding carboxylic acids is 1. The van der Waals surface area contributed by atoms with E-state index in [2.05, 4.69) is 5.32 Å². The molecule has 4 heteroatoms. The molecule has 0 bridgehead atoms. The Labute approximate surface area is 113 Å². The van der Waals surface area contributed by atoms with Crippen molar-refractivity contribution >= 4 is 23.4 Å². The van der Waals surface area contributed by atoms with Crippen LogP contribution in [0.4, 0.5) is 5.69 Å². The van der Waals surface area contributed by atoms with Crippen LogP contribution in [0.15, 0.2) is 29.2 Å². The van der Waals surface area contributed by atoms with Crippen molar-refractivity contribution in [3.05, 3.63) is 24.3 Å². The Morgan fingerprint density at radius 2 is 2.06 bits per heavy atom. The summed E-state index contributed by atoms with van der Waals surface area (Å²) in [6.45, 7) is 1.93. The molecule has 0 aliphatic heterocycles. The van der Waals surface area contributed by atoms with Crippen LogP contribution in [0.1, 0.15) is 32.6 Å². The van der Waals surface area contributed by atoms with Gasteiger partial charge in [-0.25, -0.2) is 0 Å². The molecule has 1 aliphatic carbocycles. The summed E-state index contributed by atoms with van der Waals surface area (Å²) < 4.78 is 0. The fraction of sp³-hybridized carbons (Fsp3) is 0.500. The second-order valence-corrected chi connectivity index (χ2v) is 6.17. The maximum atomic E-state index is 12.0. The molecule has 3 nitrogen and oxygen atoms in total. The standard InChI is InChI=1S/C14H20N2OS/c1-10(14(17)16-11-6-2-3-7-11)18-13-9-5-4-8-12(13)15/h4-5,8-11H,2-3,6-7,15H2,1H3,(H,16,17). The van der Waals surface area contributed by atoms with Crippen LogP contribution in [-0.4, -0.2) is 17.2 Å². The van der Waals surface area contributed by atoms with Crippen molar-refractivity contribution in [3.8, 4) is 0 Å². The van der Waals surface area contributed by atoms with Crippen LogP contribution in [0, 0.1) is 0 Å². The summed E-state index contributed by atoms with van der Waals surface area (Å²) >= 11 is 1.52. The summed E-state index contributed by atoms with van der Waals surface area (Å²) in [5, 5.41) is 3.02. The number of hydrogen-bond donors (Lipinski definition) is 2. The number of anilines is 1. The van der Waals surface area contributed by atoms with Gasteiger partial charge in [-0.2, -0.15) is 0 Å². The van der Waals surface area contributed by atoms with E-state index in [4.69, 9.17) is 5.73 Å². The van der Waals surface area contributed by atoms with Gasteiger partial charge in [0.25, 0.3) is 0 Å². The summed E-state index contributed by atoms with van der Waals surface area (Å²) in [6, 6.07) is 8.06. The van der Waals surface area contributed by atoms with Crippen molar-refractivity contribution in [1.29, 1.82) is 0 Å². The van der Waals surface area contributed by atoms with Crippen LogP contribution in [-0.2, 0) is 4.79 Å². The van der Waals surface area contributed by atoms with Crippen molar-refractivity contribution < 1.29 is 4.79 Å². The fourth-order valence-electron chi connectivity index (χ4n) is 2.22. The molecule has 2 rings (SSSR count). The van der Waals surface area contributed by atoms with E-state index < -0.39 is 0 Å². The van der Waals surface area contributed by atoms with Gasteiger partial charge in [0.05, 0.1) is 5.25 Å². The molecule has 0 spiro atoms. The normalized spacial score (nSPS) is 17.6. The molecule has 1 atom stereocenters. The van der Waals surface area contributed by atoms with Crippen molar-refractivity contribution in [3.63, 3.8) is 0 Å². The molecular weight excluding hydrogens is 244 g/mol. The molecule has 1 amide bonds. The average Bonchev–Trinajstić information content (AvgIpc) is 2.84. The highest BCUT2D eigenvalue weighted by atomic mass is 32.2. The van der Waals surface area contributed by atoms with Gasteiger partial charge in [0.15, 0.2) is 0 Å². The average molecular weight is 264 g/mol. The number of para-hydroxylation sites is 1. The van der Waals surface area contributed by atoms with E-state index in [1.54, 1.807) is 0 Å². The SMILES string of the molecule is CC(Sc1ccccc1N)C(=O)NC1CCCC1. The van der Waals surface area contributed by atoms with E-state index in [0.29, 0.717) is 6.04 Å². The molecule has 1 unspecified atom stereocenters. The van der Waals surface area contributed by atoms with Crippen LogP contribution >= 0.6 is 11.8 Å². The van der Waals surface area contributed by atoms with Gasteiger partial charge >= 0.3 is 0 Å². The highest BCUT2D eigenvalue weighted by Gasteiger charge is 2.21. The zero-order chi connectivity index (χ0) is 13.0. The van der Waals surface area contributed by atoms with Crippen LogP contribution < -0.4 is 11.1 Å². The largest absolute Gasteiger partial charge is 0.398 e. The number of thioether (sulfide) groups is 1. The minimum Gasteiger partial charge on any atom is -0.398 e. The summed E-state index contributed by atoms with van der Waals surface area (Å²) in [6.07, 6.45) is 4.71.